The maximum atomic E-state index is 10.4. The van der Waals surface area contributed by atoms with Crippen LogP contribution in [0.4, 0.5) is 0 Å². The van der Waals surface area contributed by atoms with Crippen LogP contribution in [0.2, 0.25) is 0 Å². The molecule has 0 aromatic rings. The molecule has 0 aromatic heterocycles. The van der Waals surface area contributed by atoms with Gasteiger partial charge < -0.3 is 20.4 Å². The highest BCUT2D eigenvalue weighted by Crippen LogP contribution is 2.18. The second-order valence-electron chi connectivity index (χ2n) is 10.3. The van der Waals surface area contributed by atoms with Crippen molar-refractivity contribution < 1.29 is 20.4 Å². The Balaban J connectivity index is 2.56. The van der Waals surface area contributed by atoms with Crippen molar-refractivity contribution in [2.45, 2.75) is 131 Å². The van der Waals surface area contributed by atoms with Crippen molar-refractivity contribution in [3.05, 3.63) is 0 Å². The third-order valence-electron chi connectivity index (χ3n) is 6.60. The predicted octanol–water partition coefficient (Wildman–Crippen LogP) is 3.30. The minimum atomic E-state index is -1.07. The zero-order valence-electron chi connectivity index (χ0n) is 25.2. The Bertz CT molecular complexity index is 889. The monoisotopic (exact) mass is 562 g/mol. The number of unbranched alkanes of at least 4 members (excludes halogenated alkanes) is 8. The highest BCUT2D eigenvalue weighted by atomic mass is 16.3. The van der Waals surface area contributed by atoms with Gasteiger partial charge in [0.25, 0.3) is 0 Å². The largest absolute Gasteiger partial charge is 0.374 e. The van der Waals surface area contributed by atoms with Crippen LogP contribution in [0, 0.1) is 0 Å². The average Bonchev–Trinajstić information content (AvgIpc) is 2.87. The highest BCUT2D eigenvalue weighted by Gasteiger charge is 2.35. The molecule has 0 fully saturated rings. The maximum Gasteiger partial charge on any atom is 0.232 e. The van der Waals surface area contributed by atoms with Crippen LogP contribution in [-0.2, 0) is 0 Å². The van der Waals surface area contributed by atoms with E-state index in [1.165, 1.54) is 50.3 Å². The Labute approximate surface area is 239 Å². The van der Waals surface area contributed by atoms with E-state index in [0.717, 1.165) is 51.4 Å². The number of aliphatic hydroxyl groups is 4. The van der Waals surface area contributed by atoms with E-state index in [9.17, 15) is 20.4 Å². The van der Waals surface area contributed by atoms with E-state index in [1.807, 2.05) is 0 Å². The lowest BCUT2D eigenvalue weighted by atomic mass is 10.1. The summed E-state index contributed by atoms with van der Waals surface area (Å²) in [6, 6.07) is 0. The van der Waals surface area contributed by atoms with Gasteiger partial charge in [-0.05, 0) is 40.5 Å². The van der Waals surface area contributed by atoms with E-state index >= 15 is 0 Å². The minimum absolute atomic E-state index is 0.0842. The fourth-order valence-corrected chi connectivity index (χ4v) is 4.51. The minimum Gasteiger partial charge on any atom is -0.374 e. The number of nitrogens with zero attached hydrogens (tertiary/aromatic N) is 8. The zero-order chi connectivity index (χ0) is 29.7. The maximum absolute atomic E-state index is 10.4. The average molecular weight is 563 g/mol. The normalized spacial score (nSPS) is 20.2. The first-order chi connectivity index (χ1) is 19.1. The van der Waals surface area contributed by atoms with Gasteiger partial charge in [0.1, 0.15) is 36.3 Å². The Morgan fingerprint density at radius 3 is 1.15 bits per heavy atom. The van der Waals surface area contributed by atoms with E-state index in [2.05, 4.69) is 33.8 Å². The van der Waals surface area contributed by atoms with E-state index in [0.29, 0.717) is 24.5 Å². The summed E-state index contributed by atoms with van der Waals surface area (Å²) in [5.74, 6) is 0.726. The molecule has 4 atom stereocenters. The summed E-state index contributed by atoms with van der Waals surface area (Å²) in [4.78, 5) is 30.5. The van der Waals surface area contributed by atoms with Gasteiger partial charge in [-0.1, -0.05) is 65.2 Å². The van der Waals surface area contributed by atoms with E-state index < -0.39 is 24.9 Å². The molecule has 0 bridgehead atoms. The number of hydrogen-bond acceptors (Lipinski definition) is 10. The van der Waals surface area contributed by atoms with Gasteiger partial charge in [-0.15, -0.1) is 0 Å². The van der Waals surface area contributed by atoms with Crippen LogP contribution in [0.3, 0.4) is 0 Å². The molecule has 0 spiro atoms. The zero-order valence-corrected chi connectivity index (χ0v) is 25.2. The first-order valence-corrected chi connectivity index (χ1v) is 14.9. The number of rotatable bonds is 16. The number of aliphatic imine (C=N–C) groups is 6. The van der Waals surface area contributed by atoms with Gasteiger partial charge in [-0.2, -0.15) is 9.98 Å². The van der Waals surface area contributed by atoms with Gasteiger partial charge in [-0.3, -0.25) is 19.8 Å². The summed E-state index contributed by atoms with van der Waals surface area (Å²) >= 11 is 0. The summed E-state index contributed by atoms with van der Waals surface area (Å²) in [5.41, 5.74) is 0.656. The van der Waals surface area contributed by atoms with Crippen LogP contribution in [0.25, 0.3) is 0 Å². The molecular formula is C28H50N8O4. The van der Waals surface area contributed by atoms with Crippen molar-refractivity contribution >= 4 is 35.0 Å². The van der Waals surface area contributed by atoms with E-state index in [-0.39, 0.29) is 23.6 Å². The fourth-order valence-electron chi connectivity index (χ4n) is 4.51. The Morgan fingerprint density at radius 2 is 0.850 bits per heavy atom. The van der Waals surface area contributed by atoms with Crippen molar-refractivity contribution in [2.24, 2.45) is 30.0 Å². The van der Waals surface area contributed by atoms with Gasteiger partial charge in [0.05, 0.1) is 0 Å². The molecule has 0 saturated carbocycles. The van der Waals surface area contributed by atoms with Crippen molar-refractivity contribution in [1.29, 1.82) is 0 Å². The van der Waals surface area contributed by atoms with Crippen LogP contribution in [-0.4, -0.2) is 103 Å². The molecule has 40 heavy (non-hydrogen) atoms. The lowest BCUT2D eigenvalue weighted by molar-refractivity contribution is -0.0365. The summed E-state index contributed by atoms with van der Waals surface area (Å²) < 4.78 is 0. The molecule has 12 heteroatoms. The van der Waals surface area contributed by atoms with Gasteiger partial charge >= 0.3 is 0 Å². The highest BCUT2D eigenvalue weighted by molar-refractivity contribution is 6.85. The molecule has 2 heterocycles. The van der Waals surface area contributed by atoms with Gasteiger partial charge in [0.2, 0.25) is 11.9 Å². The molecule has 4 N–H and O–H groups in total. The van der Waals surface area contributed by atoms with Crippen LogP contribution in [0.15, 0.2) is 30.0 Å². The Morgan fingerprint density at radius 1 is 0.525 bits per heavy atom. The molecule has 226 valence electrons. The lowest BCUT2D eigenvalue weighted by Gasteiger charge is -2.33. The number of fused-ring (bicyclic) bond motifs is 1. The predicted molar refractivity (Wildman–Crippen MR) is 162 cm³/mol. The molecule has 0 amide bonds. The van der Waals surface area contributed by atoms with Crippen molar-refractivity contribution in [2.75, 3.05) is 13.1 Å². The second-order valence-corrected chi connectivity index (χ2v) is 10.3. The Hall–Kier alpha value is -2.54. The molecule has 2 rings (SSSR count). The summed E-state index contributed by atoms with van der Waals surface area (Å²) in [5, 5.41) is 41.5. The van der Waals surface area contributed by atoms with Gasteiger partial charge in [-0.25, -0.2) is 9.98 Å². The van der Waals surface area contributed by atoms with Crippen molar-refractivity contribution in [3.63, 3.8) is 0 Å². The smallest absolute Gasteiger partial charge is 0.232 e. The molecule has 0 aromatic carbocycles. The van der Waals surface area contributed by atoms with E-state index in [1.54, 1.807) is 0 Å². The summed E-state index contributed by atoms with van der Waals surface area (Å²) in [6.07, 6.45) is 6.45. The molecule has 2 aliphatic rings. The molecule has 0 radical (unpaired) electrons. The molecular weight excluding hydrogens is 512 g/mol. The van der Waals surface area contributed by atoms with Crippen LogP contribution in [0.1, 0.15) is 106 Å². The molecule has 12 nitrogen and oxygen atoms in total. The van der Waals surface area contributed by atoms with Crippen LogP contribution < -0.4 is 0 Å². The third-order valence-corrected chi connectivity index (χ3v) is 6.60. The van der Waals surface area contributed by atoms with Crippen LogP contribution in [0.5, 0.6) is 0 Å². The standard InChI is InChI=1S/C28H50N8O4/c1-7-9-11-13-15-17-29-25-23-24(32-27(33-25)35(19(3)37)20(4)38)26(30-18-16-14-12-10-8-2)34-28(31-23)36(21(5)39)22(6)40/h19-22,37-40H,7-18H2,1-6H3. The summed E-state index contributed by atoms with van der Waals surface area (Å²) in [7, 11) is 0. The fraction of sp³-hybridized carbons (Fsp3) is 0.786. The number of guanidine groups is 2. The molecule has 0 aliphatic carbocycles. The number of hydrogen-bond donors (Lipinski definition) is 4. The van der Waals surface area contributed by atoms with Crippen molar-refractivity contribution in [3.8, 4) is 0 Å². The van der Waals surface area contributed by atoms with E-state index in [4.69, 9.17) is 9.98 Å². The lowest BCUT2D eigenvalue weighted by Crippen LogP contribution is -2.51. The molecule has 2 aliphatic heterocycles. The van der Waals surface area contributed by atoms with Gasteiger partial charge in [0.15, 0.2) is 11.7 Å². The third kappa shape index (κ3) is 9.83. The van der Waals surface area contributed by atoms with Gasteiger partial charge in [0, 0.05) is 13.1 Å². The quantitative estimate of drug-likeness (QED) is 0.167. The SMILES string of the molecule is CCCCCCCN=C1N=C(N(C(C)O)C(C)O)N=C2C(=NCCCCCCC)N=C(N(C(C)O)C(C)O)N=C12. The topological polar surface area (TPSA) is 162 Å². The first kappa shape index (κ1) is 33.7. The number of amidine groups is 2. The number of aliphatic hydroxyl groups excluding tert-OH is 4. The molecule has 4 unspecified atom stereocenters. The summed E-state index contributed by atoms with van der Waals surface area (Å²) in [6.45, 7) is 11.5. The second kappa shape index (κ2) is 17.3. The van der Waals surface area contributed by atoms with Crippen LogP contribution >= 0.6 is 0 Å². The molecule has 0 saturated heterocycles. The first-order valence-electron chi connectivity index (χ1n) is 14.9. The van der Waals surface area contributed by atoms with Crippen molar-refractivity contribution in [1.82, 2.24) is 9.80 Å². The Kier molecular flexibility index (Phi) is 14.6.